The Bertz CT molecular complexity index is 1010. The highest BCUT2D eigenvalue weighted by Gasteiger charge is 2.17. The van der Waals surface area contributed by atoms with Crippen molar-refractivity contribution in [2.75, 3.05) is 26.9 Å². The summed E-state index contributed by atoms with van der Waals surface area (Å²) in [5, 5.41) is 10.2. The van der Waals surface area contributed by atoms with Crippen LogP contribution in [0.1, 0.15) is 12.8 Å². The van der Waals surface area contributed by atoms with Crippen LogP contribution < -0.4 is 10.3 Å². The second-order valence-corrected chi connectivity index (χ2v) is 8.13. The van der Waals surface area contributed by atoms with E-state index < -0.39 is 6.10 Å². The van der Waals surface area contributed by atoms with E-state index in [4.69, 9.17) is 14.2 Å². The molecule has 7 nitrogen and oxygen atoms in total. The lowest BCUT2D eigenvalue weighted by Gasteiger charge is -2.14. The third-order valence-corrected chi connectivity index (χ3v) is 6.09. The largest absolute Gasteiger partial charge is 0.497 e. The molecule has 0 bridgehead atoms. The normalized spacial score (nSPS) is 17.7. The number of hydrogen-bond acceptors (Lipinski definition) is 7. The van der Waals surface area contributed by atoms with E-state index in [2.05, 4.69) is 4.98 Å². The Morgan fingerprint density at radius 3 is 2.93 bits per heavy atom. The minimum Gasteiger partial charge on any atom is -0.497 e. The highest BCUT2D eigenvalue weighted by molar-refractivity contribution is 7.22. The minimum absolute atomic E-state index is 0.116. The molecule has 3 aromatic rings. The van der Waals surface area contributed by atoms with E-state index in [0.717, 1.165) is 35.6 Å². The first-order valence-corrected chi connectivity index (χ1v) is 10.5. The van der Waals surface area contributed by atoms with Gasteiger partial charge in [0.05, 0.1) is 50.9 Å². The third kappa shape index (κ3) is 4.67. The van der Waals surface area contributed by atoms with Crippen LogP contribution in [0.3, 0.4) is 0 Å². The number of aliphatic hydroxyl groups is 1. The SMILES string of the molecule is COc1ccc(-c2cc3ncn(C[C@H](O)COC[C@@H]4CCCO4)c(=O)c3s2)cc1. The van der Waals surface area contributed by atoms with Crippen molar-refractivity contribution in [3.05, 3.63) is 47.0 Å². The van der Waals surface area contributed by atoms with Crippen LogP contribution in [0.25, 0.3) is 20.7 Å². The molecule has 29 heavy (non-hydrogen) atoms. The van der Waals surface area contributed by atoms with Crippen molar-refractivity contribution in [2.24, 2.45) is 0 Å². The number of thiophene rings is 1. The van der Waals surface area contributed by atoms with Crippen molar-refractivity contribution < 1.29 is 19.3 Å². The molecule has 0 unspecified atom stereocenters. The molecule has 3 heterocycles. The zero-order chi connectivity index (χ0) is 20.2. The lowest BCUT2D eigenvalue weighted by molar-refractivity contribution is -0.0209. The molecule has 2 atom stereocenters. The summed E-state index contributed by atoms with van der Waals surface area (Å²) in [5.41, 5.74) is 1.51. The number of hydrogen-bond donors (Lipinski definition) is 1. The Balaban J connectivity index is 1.44. The van der Waals surface area contributed by atoms with Crippen molar-refractivity contribution in [1.82, 2.24) is 9.55 Å². The van der Waals surface area contributed by atoms with Crippen molar-refractivity contribution in [1.29, 1.82) is 0 Å². The smallest absolute Gasteiger partial charge is 0.271 e. The second-order valence-electron chi connectivity index (χ2n) is 7.08. The summed E-state index contributed by atoms with van der Waals surface area (Å²) < 4.78 is 18.2. The van der Waals surface area contributed by atoms with Gasteiger partial charge in [-0.1, -0.05) is 0 Å². The van der Waals surface area contributed by atoms with E-state index in [9.17, 15) is 9.90 Å². The van der Waals surface area contributed by atoms with Gasteiger partial charge in [-0.2, -0.15) is 0 Å². The van der Waals surface area contributed by atoms with Crippen LogP contribution in [0.2, 0.25) is 0 Å². The van der Waals surface area contributed by atoms with E-state index >= 15 is 0 Å². The molecule has 8 heteroatoms. The van der Waals surface area contributed by atoms with Crippen LogP contribution in [0.5, 0.6) is 5.75 Å². The first-order chi connectivity index (χ1) is 14.1. The molecule has 0 aliphatic carbocycles. The first-order valence-electron chi connectivity index (χ1n) is 9.65. The number of aliphatic hydroxyl groups excluding tert-OH is 1. The number of aromatic nitrogens is 2. The molecule has 1 fully saturated rings. The Hall–Kier alpha value is -2.26. The Kier molecular flexibility index (Phi) is 6.25. The minimum atomic E-state index is -0.783. The molecule has 154 valence electrons. The van der Waals surface area contributed by atoms with E-state index in [1.165, 1.54) is 22.2 Å². The molecule has 1 N–H and O–H groups in total. The average molecular weight is 416 g/mol. The molecular weight excluding hydrogens is 392 g/mol. The van der Waals surface area contributed by atoms with Crippen LogP contribution in [0, 0.1) is 0 Å². The number of methoxy groups -OCH3 is 1. The summed E-state index contributed by atoms with van der Waals surface area (Å²) in [7, 11) is 1.63. The molecule has 0 amide bonds. The fourth-order valence-corrected chi connectivity index (χ4v) is 4.43. The summed E-state index contributed by atoms with van der Waals surface area (Å²) >= 11 is 1.40. The average Bonchev–Trinajstić information content (AvgIpc) is 3.40. The zero-order valence-corrected chi connectivity index (χ0v) is 17.1. The van der Waals surface area contributed by atoms with Gasteiger partial charge in [0, 0.05) is 11.5 Å². The summed E-state index contributed by atoms with van der Waals surface area (Å²) in [5.74, 6) is 0.783. The van der Waals surface area contributed by atoms with Gasteiger partial charge in [-0.05, 0) is 48.7 Å². The van der Waals surface area contributed by atoms with Crippen LogP contribution >= 0.6 is 11.3 Å². The number of ether oxygens (including phenoxy) is 3. The van der Waals surface area contributed by atoms with Gasteiger partial charge in [0.15, 0.2) is 0 Å². The van der Waals surface area contributed by atoms with Crippen molar-refractivity contribution >= 4 is 21.6 Å². The molecule has 4 rings (SSSR count). The van der Waals surface area contributed by atoms with Gasteiger partial charge >= 0.3 is 0 Å². The van der Waals surface area contributed by atoms with Gasteiger partial charge in [0.25, 0.3) is 5.56 Å². The quantitative estimate of drug-likeness (QED) is 0.608. The topological polar surface area (TPSA) is 82.8 Å². The molecule has 0 radical (unpaired) electrons. The molecule has 2 aromatic heterocycles. The second kappa shape index (κ2) is 9.04. The molecule has 1 aromatic carbocycles. The van der Waals surface area contributed by atoms with E-state index in [1.54, 1.807) is 7.11 Å². The van der Waals surface area contributed by atoms with Gasteiger partial charge in [-0.3, -0.25) is 9.36 Å². The van der Waals surface area contributed by atoms with Crippen LogP contribution in [0.15, 0.2) is 41.5 Å². The molecule has 0 spiro atoms. The number of nitrogens with zero attached hydrogens (tertiary/aromatic N) is 2. The fourth-order valence-electron chi connectivity index (χ4n) is 3.36. The standard InChI is InChI=1S/C21H24N2O5S/c1-26-16-6-4-14(5-7-16)19-9-18-20(29-19)21(25)23(13-22-18)10-15(24)11-27-12-17-3-2-8-28-17/h4-7,9,13,15,17,24H,2-3,8,10-12H2,1H3/t15-,17-/m0/s1. The van der Waals surface area contributed by atoms with Crippen molar-refractivity contribution in [3.8, 4) is 16.2 Å². The van der Waals surface area contributed by atoms with Gasteiger partial charge in [0.1, 0.15) is 10.4 Å². The van der Waals surface area contributed by atoms with Gasteiger partial charge in [-0.25, -0.2) is 4.98 Å². The van der Waals surface area contributed by atoms with E-state index in [0.29, 0.717) is 16.8 Å². The Labute approximate surface area is 172 Å². The fraction of sp³-hybridized carbons (Fsp3) is 0.429. The predicted molar refractivity (Wildman–Crippen MR) is 112 cm³/mol. The van der Waals surface area contributed by atoms with Crippen LogP contribution in [-0.2, 0) is 16.0 Å². The third-order valence-electron chi connectivity index (χ3n) is 4.92. The van der Waals surface area contributed by atoms with Crippen LogP contribution in [-0.4, -0.2) is 53.8 Å². The van der Waals surface area contributed by atoms with Gasteiger partial charge < -0.3 is 19.3 Å². The molecule has 1 saturated heterocycles. The summed E-state index contributed by atoms with van der Waals surface area (Å²) in [6.07, 6.45) is 2.86. The number of benzene rings is 1. The molecule has 1 aliphatic heterocycles. The number of rotatable bonds is 8. The maximum Gasteiger partial charge on any atom is 0.271 e. The summed E-state index contributed by atoms with van der Waals surface area (Å²) in [6.45, 7) is 1.55. The lowest BCUT2D eigenvalue weighted by atomic mass is 10.2. The zero-order valence-electron chi connectivity index (χ0n) is 16.2. The summed E-state index contributed by atoms with van der Waals surface area (Å²) in [6, 6.07) is 9.60. The molecule has 1 aliphatic rings. The lowest BCUT2D eigenvalue weighted by Crippen LogP contribution is -2.30. The highest BCUT2D eigenvalue weighted by Crippen LogP contribution is 2.31. The van der Waals surface area contributed by atoms with Crippen LogP contribution in [0.4, 0.5) is 0 Å². The highest BCUT2D eigenvalue weighted by atomic mass is 32.1. The summed E-state index contributed by atoms with van der Waals surface area (Å²) in [4.78, 5) is 18.2. The first kappa shape index (κ1) is 20.0. The predicted octanol–water partition coefficient (Wildman–Crippen LogP) is 2.69. The Morgan fingerprint density at radius 1 is 1.38 bits per heavy atom. The van der Waals surface area contributed by atoms with E-state index in [-0.39, 0.29) is 24.8 Å². The van der Waals surface area contributed by atoms with Crippen molar-refractivity contribution in [3.63, 3.8) is 0 Å². The Morgan fingerprint density at radius 2 is 2.21 bits per heavy atom. The molecule has 0 saturated carbocycles. The number of fused-ring (bicyclic) bond motifs is 1. The van der Waals surface area contributed by atoms with Gasteiger partial charge in [-0.15, -0.1) is 11.3 Å². The van der Waals surface area contributed by atoms with Gasteiger partial charge in [0.2, 0.25) is 0 Å². The van der Waals surface area contributed by atoms with Crippen molar-refractivity contribution in [2.45, 2.75) is 31.6 Å². The maximum atomic E-state index is 12.8. The van der Waals surface area contributed by atoms with E-state index in [1.807, 2.05) is 30.3 Å². The maximum absolute atomic E-state index is 12.8. The molecular formula is C21H24N2O5S. The monoisotopic (exact) mass is 416 g/mol.